The van der Waals surface area contributed by atoms with Crippen molar-refractivity contribution in [1.82, 2.24) is 24.5 Å². The number of nitrogens with one attached hydrogen (secondary N) is 1. The fourth-order valence-electron chi connectivity index (χ4n) is 6.03. The Kier molecular flexibility index (Phi) is 9.76. The second-order valence-electron chi connectivity index (χ2n) is 11.9. The average molecular weight is 683 g/mol. The summed E-state index contributed by atoms with van der Waals surface area (Å²) in [5.74, 6) is -0.414. The first-order valence-electron chi connectivity index (χ1n) is 15.6. The molecule has 48 heavy (non-hydrogen) atoms. The molecule has 0 radical (unpaired) electrons. The molecule has 2 aliphatic rings. The number of sulfonamides is 1. The molecule has 6 rings (SSSR count). The Hall–Kier alpha value is -4.40. The van der Waals surface area contributed by atoms with Crippen molar-refractivity contribution >= 4 is 21.7 Å². The predicted octanol–water partition coefficient (Wildman–Crippen LogP) is 5.09. The van der Waals surface area contributed by atoms with Gasteiger partial charge in [-0.3, -0.25) is 14.7 Å². The molecule has 0 saturated carbocycles. The molecule has 252 valence electrons. The quantitative estimate of drug-likeness (QED) is 0.246. The maximum Gasteiger partial charge on any atom is 0.416 e. The molecule has 14 heteroatoms. The van der Waals surface area contributed by atoms with Gasteiger partial charge in [0.25, 0.3) is 0 Å². The molecule has 0 bridgehead atoms. The first kappa shape index (κ1) is 33.5. The Morgan fingerprint density at radius 3 is 2.23 bits per heavy atom. The summed E-state index contributed by atoms with van der Waals surface area (Å²) < 4.78 is 80.9. The lowest BCUT2D eigenvalue weighted by Crippen LogP contribution is -2.46. The summed E-state index contributed by atoms with van der Waals surface area (Å²) in [5.41, 5.74) is 1.99. The third-order valence-electron chi connectivity index (χ3n) is 8.62. The molecule has 0 spiro atoms. The number of amides is 1. The first-order valence-corrected chi connectivity index (χ1v) is 17.0. The van der Waals surface area contributed by atoms with E-state index in [1.807, 2.05) is 18.2 Å². The van der Waals surface area contributed by atoms with Gasteiger partial charge in [-0.15, -0.1) is 0 Å². The molecule has 1 N–H and O–H groups in total. The lowest BCUT2D eigenvalue weighted by atomic mass is 10.1. The molecule has 0 aliphatic carbocycles. The van der Waals surface area contributed by atoms with Gasteiger partial charge in [0, 0.05) is 63.8 Å². The number of aromatic nitrogens is 2. The first-order chi connectivity index (χ1) is 23.0. The van der Waals surface area contributed by atoms with E-state index in [9.17, 15) is 30.8 Å². The minimum Gasteiger partial charge on any atom is -0.354 e. The standard InChI is InChI=1S/C34H34F4N6O3S/c35-28-7-9-29(10-8-28)48(46,47)44-15-1-2-31(44)33(45)40-22-25-20-30(26-3-5-27(6-4-26)34(36,37)38)41-32(21-25)43-18-16-42(17-19-43)23-24-11-13-39-14-12-24/h3-14,20-21,31H,1-2,15-19,22-23H2,(H,40,45)/t31-/m0/s1. The molecule has 2 fully saturated rings. The van der Waals surface area contributed by atoms with Crippen LogP contribution in [0.2, 0.25) is 0 Å². The maximum absolute atomic E-state index is 13.4. The Bertz CT molecular complexity index is 1830. The van der Waals surface area contributed by atoms with Crippen LogP contribution in [0.25, 0.3) is 11.3 Å². The van der Waals surface area contributed by atoms with E-state index in [1.54, 1.807) is 18.5 Å². The Labute approximate surface area is 276 Å². The van der Waals surface area contributed by atoms with E-state index < -0.39 is 39.5 Å². The number of alkyl halides is 3. The predicted molar refractivity (Wildman–Crippen MR) is 172 cm³/mol. The van der Waals surface area contributed by atoms with E-state index in [2.05, 4.69) is 20.1 Å². The monoisotopic (exact) mass is 682 g/mol. The van der Waals surface area contributed by atoms with Gasteiger partial charge in [0.05, 0.1) is 16.2 Å². The Morgan fingerprint density at radius 1 is 0.875 bits per heavy atom. The van der Waals surface area contributed by atoms with Gasteiger partial charge >= 0.3 is 6.18 Å². The van der Waals surface area contributed by atoms with Gasteiger partial charge in [0.2, 0.25) is 15.9 Å². The van der Waals surface area contributed by atoms with Crippen LogP contribution in [0, 0.1) is 5.82 Å². The number of nitrogens with zero attached hydrogens (tertiary/aromatic N) is 5. The summed E-state index contributed by atoms with van der Waals surface area (Å²) in [7, 11) is -4.03. The highest BCUT2D eigenvalue weighted by molar-refractivity contribution is 7.89. The summed E-state index contributed by atoms with van der Waals surface area (Å²) in [6, 6.07) is 15.8. The molecule has 4 aromatic rings. The van der Waals surface area contributed by atoms with E-state index in [0.29, 0.717) is 48.6 Å². The van der Waals surface area contributed by atoms with E-state index in [4.69, 9.17) is 4.98 Å². The fraction of sp³-hybridized carbons (Fsp3) is 0.324. The van der Waals surface area contributed by atoms with Crippen LogP contribution in [-0.2, 0) is 34.1 Å². The van der Waals surface area contributed by atoms with Crippen molar-refractivity contribution in [2.75, 3.05) is 37.6 Å². The maximum atomic E-state index is 13.4. The van der Waals surface area contributed by atoms with Crippen LogP contribution >= 0.6 is 0 Å². The smallest absolute Gasteiger partial charge is 0.354 e. The lowest BCUT2D eigenvalue weighted by molar-refractivity contribution is -0.137. The number of hydrogen-bond acceptors (Lipinski definition) is 7. The molecule has 1 amide bonds. The molecule has 4 heterocycles. The summed E-state index contributed by atoms with van der Waals surface area (Å²) in [4.78, 5) is 26.6. The zero-order chi connectivity index (χ0) is 33.9. The van der Waals surface area contributed by atoms with Gasteiger partial charge in [0.1, 0.15) is 17.7 Å². The molecule has 2 saturated heterocycles. The van der Waals surface area contributed by atoms with Crippen LogP contribution in [0.3, 0.4) is 0 Å². The minimum atomic E-state index is -4.47. The highest BCUT2D eigenvalue weighted by atomic mass is 32.2. The van der Waals surface area contributed by atoms with Crippen LogP contribution < -0.4 is 10.2 Å². The van der Waals surface area contributed by atoms with Crippen LogP contribution in [0.15, 0.2) is 90.1 Å². The highest BCUT2D eigenvalue weighted by Gasteiger charge is 2.39. The van der Waals surface area contributed by atoms with Crippen molar-refractivity contribution in [3.63, 3.8) is 0 Å². The number of carbonyl (C=O) groups excluding carboxylic acids is 1. The SMILES string of the molecule is O=C(NCc1cc(-c2ccc(C(F)(F)F)cc2)nc(N2CCN(Cc3ccncc3)CC2)c1)[C@@H]1CCCN1S(=O)(=O)c1ccc(F)cc1. The molecule has 1 atom stereocenters. The number of pyridine rings is 2. The number of carbonyl (C=O) groups is 1. The lowest BCUT2D eigenvalue weighted by Gasteiger charge is -2.35. The molecular formula is C34H34F4N6O3S. The van der Waals surface area contributed by atoms with Crippen LogP contribution in [0.1, 0.15) is 29.5 Å². The largest absolute Gasteiger partial charge is 0.416 e. The van der Waals surface area contributed by atoms with Gasteiger partial charge in [0.15, 0.2) is 0 Å². The summed E-state index contributed by atoms with van der Waals surface area (Å²) in [5, 5.41) is 2.86. The summed E-state index contributed by atoms with van der Waals surface area (Å²) in [6.45, 7) is 3.84. The number of anilines is 1. The normalized spacial score (nSPS) is 17.8. The minimum absolute atomic E-state index is 0.0466. The summed E-state index contributed by atoms with van der Waals surface area (Å²) in [6.07, 6.45) is -0.135. The average Bonchev–Trinajstić information content (AvgIpc) is 3.59. The number of benzene rings is 2. The van der Waals surface area contributed by atoms with E-state index in [-0.39, 0.29) is 18.0 Å². The topological polar surface area (TPSA) is 98.7 Å². The number of halogens is 4. The van der Waals surface area contributed by atoms with Crippen LogP contribution in [-0.4, -0.2) is 72.3 Å². The fourth-order valence-corrected chi connectivity index (χ4v) is 7.69. The van der Waals surface area contributed by atoms with Gasteiger partial charge in [-0.2, -0.15) is 17.5 Å². The number of hydrogen-bond donors (Lipinski definition) is 1. The molecule has 0 unspecified atom stereocenters. The van der Waals surface area contributed by atoms with Crippen LogP contribution in [0.4, 0.5) is 23.4 Å². The van der Waals surface area contributed by atoms with Crippen molar-refractivity contribution in [3.05, 3.63) is 108 Å². The van der Waals surface area contributed by atoms with Gasteiger partial charge in [-0.05, 0) is 84.6 Å². The van der Waals surface area contributed by atoms with Crippen LogP contribution in [0.5, 0.6) is 0 Å². The molecule has 9 nitrogen and oxygen atoms in total. The molecule has 2 aromatic heterocycles. The van der Waals surface area contributed by atoms with Crippen molar-refractivity contribution in [1.29, 1.82) is 0 Å². The van der Waals surface area contributed by atoms with E-state index in [1.165, 1.54) is 24.3 Å². The number of piperazine rings is 1. The molecule has 2 aromatic carbocycles. The second-order valence-corrected chi connectivity index (χ2v) is 13.7. The van der Waals surface area contributed by atoms with E-state index in [0.717, 1.165) is 53.8 Å². The van der Waals surface area contributed by atoms with E-state index >= 15 is 0 Å². The van der Waals surface area contributed by atoms with Gasteiger partial charge in [-0.25, -0.2) is 17.8 Å². The highest BCUT2D eigenvalue weighted by Crippen LogP contribution is 2.32. The third kappa shape index (κ3) is 7.66. The Morgan fingerprint density at radius 2 is 1.56 bits per heavy atom. The van der Waals surface area contributed by atoms with Crippen molar-refractivity contribution in [2.24, 2.45) is 0 Å². The second kappa shape index (κ2) is 14.0. The van der Waals surface area contributed by atoms with Gasteiger partial charge < -0.3 is 10.2 Å². The summed E-state index contributed by atoms with van der Waals surface area (Å²) >= 11 is 0. The van der Waals surface area contributed by atoms with Crippen molar-refractivity contribution < 1.29 is 30.8 Å². The number of rotatable bonds is 9. The van der Waals surface area contributed by atoms with Crippen molar-refractivity contribution in [2.45, 2.75) is 43.0 Å². The third-order valence-corrected chi connectivity index (χ3v) is 10.5. The zero-order valence-corrected chi connectivity index (χ0v) is 26.7. The Balaban J connectivity index is 1.20. The van der Waals surface area contributed by atoms with Crippen molar-refractivity contribution in [3.8, 4) is 11.3 Å². The molecular weight excluding hydrogens is 648 g/mol. The van der Waals surface area contributed by atoms with Gasteiger partial charge in [-0.1, -0.05) is 12.1 Å². The zero-order valence-electron chi connectivity index (χ0n) is 25.9. The molecule has 2 aliphatic heterocycles.